The van der Waals surface area contributed by atoms with Crippen molar-refractivity contribution in [1.29, 1.82) is 0 Å². The standard InChI is InChI=1S/C51H33N3/c1-2-12-38(13-3-1)48-33-46(32-44-16-8-9-17-47(44)48)37-20-26-40(27-21-37)50-52-49(53-51(54-50)45-29-23-35-11-5-7-15-42(35)31-45)39-24-18-36(19-25-39)43-28-22-34-10-4-6-14-41(34)30-43/h1-33H. The van der Waals surface area contributed by atoms with E-state index in [2.05, 4.69) is 200 Å². The molecule has 0 aliphatic heterocycles. The molecule has 10 rings (SSSR count). The Balaban J connectivity index is 1.05. The van der Waals surface area contributed by atoms with Gasteiger partial charge in [-0.05, 0) is 90.0 Å². The van der Waals surface area contributed by atoms with Crippen LogP contribution < -0.4 is 0 Å². The lowest BCUT2D eigenvalue weighted by molar-refractivity contribution is 1.07. The number of rotatable bonds is 6. The van der Waals surface area contributed by atoms with Crippen LogP contribution in [0.2, 0.25) is 0 Å². The normalized spacial score (nSPS) is 11.3. The van der Waals surface area contributed by atoms with Crippen molar-refractivity contribution < 1.29 is 0 Å². The molecule has 0 atom stereocenters. The van der Waals surface area contributed by atoms with Crippen LogP contribution in [0, 0.1) is 0 Å². The summed E-state index contributed by atoms with van der Waals surface area (Å²) in [4.78, 5) is 15.2. The molecule has 9 aromatic carbocycles. The first-order chi connectivity index (χ1) is 26.7. The summed E-state index contributed by atoms with van der Waals surface area (Å²) in [6.45, 7) is 0. The molecule has 0 N–H and O–H groups in total. The smallest absolute Gasteiger partial charge is 0.164 e. The average Bonchev–Trinajstić information content (AvgIpc) is 3.26. The Labute approximate surface area is 313 Å². The van der Waals surface area contributed by atoms with Crippen molar-refractivity contribution in [2.45, 2.75) is 0 Å². The molecule has 54 heavy (non-hydrogen) atoms. The maximum atomic E-state index is 5.08. The second-order valence-electron chi connectivity index (χ2n) is 13.7. The predicted octanol–water partition coefficient (Wildman–Crippen LogP) is 13.3. The van der Waals surface area contributed by atoms with Crippen LogP contribution in [-0.2, 0) is 0 Å². The SMILES string of the molecule is c1ccc(-c2cc(-c3ccc(-c4nc(-c5ccc(-c6ccc7ccccc7c6)cc5)nc(-c5ccc6ccccc6c5)n4)cc3)cc3ccccc23)cc1. The minimum atomic E-state index is 0.636. The number of benzene rings is 9. The fourth-order valence-electron chi connectivity index (χ4n) is 7.42. The van der Waals surface area contributed by atoms with E-state index in [0.717, 1.165) is 33.2 Å². The van der Waals surface area contributed by atoms with Crippen LogP contribution in [0.15, 0.2) is 200 Å². The quantitative estimate of drug-likeness (QED) is 0.175. The van der Waals surface area contributed by atoms with Gasteiger partial charge in [0.05, 0.1) is 0 Å². The molecule has 3 nitrogen and oxygen atoms in total. The van der Waals surface area contributed by atoms with Gasteiger partial charge >= 0.3 is 0 Å². The predicted molar refractivity (Wildman–Crippen MR) is 225 cm³/mol. The molecular weight excluding hydrogens is 655 g/mol. The molecule has 252 valence electrons. The molecule has 0 saturated heterocycles. The monoisotopic (exact) mass is 687 g/mol. The fraction of sp³-hybridized carbons (Fsp3) is 0. The largest absolute Gasteiger partial charge is 0.208 e. The van der Waals surface area contributed by atoms with Gasteiger partial charge in [-0.15, -0.1) is 0 Å². The maximum Gasteiger partial charge on any atom is 0.164 e. The fourth-order valence-corrected chi connectivity index (χ4v) is 7.42. The van der Waals surface area contributed by atoms with E-state index in [1.54, 1.807) is 0 Å². The van der Waals surface area contributed by atoms with E-state index in [4.69, 9.17) is 15.0 Å². The van der Waals surface area contributed by atoms with Gasteiger partial charge in [0.25, 0.3) is 0 Å². The minimum absolute atomic E-state index is 0.636. The first-order valence-corrected chi connectivity index (χ1v) is 18.3. The molecule has 1 heterocycles. The van der Waals surface area contributed by atoms with Crippen molar-refractivity contribution in [3.8, 4) is 67.5 Å². The topological polar surface area (TPSA) is 38.7 Å². The van der Waals surface area contributed by atoms with E-state index >= 15 is 0 Å². The van der Waals surface area contributed by atoms with Crippen LogP contribution >= 0.6 is 0 Å². The van der Waals surface area contributed by atoms with Crippen LogP contribution in [0.3, 0.4) is 0 Å². The van der Waals surface area contributed by atoms with Gasteiger partial charge in [-0.2, -0.15) is 0 Å². The highest BCUT2D eigenvalue weighted by molar-refractivity contribution is 6.00. The van der Waals surface area contributed by atoms with Crippen molar-refractivity contribution in [2.75, 3.05) is 0 Å². The number of aromatic nitrogens is 3. The maximum absolute atomic E-state index is 5.08. The van der Waals surface area contributed by atoms with Crippen molar-refractivity contribution in [1.82, 2.24) is 15.0 Å². The van der Waals surface area contributed by atoms with E-state index in [-0.39, 0.29) is 0 Å². The molecule has 0 bridgehead atoms. The lowest BCUT2D eigenvalue weighted by Gasteiger charge is -2.12. The molecule has 0 fully saturated rings. The van der Waals surface area contributed by atoms with E-state index < -0.39 is 0 Å². The van der Waals surface area contributed by atoms with Crippen LogP contribution in [0.1, 0.15) is 0 Å². The van der Waals surface area contributed by atoms with Gasteiger partial charge in [0.1, 0.15) is 0 Å². The third-order valence-electron chi connectivity index (χ3n) is 10.3. The highest BCUT2D eigenvalue weighted by atomic mass is 15.0. The minimum Gasteiger partial charge on any atom is -0.208 e. The second kappa shape index (κ2) is 13.4. The Morgan fingerprint density at radius 1 is 0.222 bits per heavy atom. The molecule has 0 unspecified atom stereocenters. The van der Waals surface area contributed by atoms with E-state index in [1.807, 2.05) is 0 Å². The molecule has 0 aliphatic carbocycles. The molecule has 3 heteroatoms. The van der Waals surface area contributed by atoms with Gasteiger partial charge in [-0.1, -0.05) is 176 Å². The molecule has 1 aromatic heterocycles. The zero-order valence-corrected chi connectivity index (χ0v) is 29.4. The van der Waals surface area contributed by atoms with Gasteiger partial charge in [-0.3, -0.25) is 0 Å². The van der Waals surface area contributed by atoms with Crippen LogP contribution in [-0.4, -0.2) is 15.0 Å². The molecule has 10 aromatic rings. The lowest BCUT2D eigenvalue weighted by atomic mass is 9.93. The Bertz CT molecular complexity index is 2970. The van der Waals surface area contributed by atoms with Gasteiger partial charge < -0.3 is 0 Å². The summed E-state index contributed by atoms with van der Waals surface area (Å²) in [5.74, 6) is 1.92. The van der Waals surface area contributed by atoms with E-state index in [9.17, 15) is 0 Å². The Hall–Kier alpha value is -7.23. The summed E-state index contributed by atoms with van der Waals surface area (Å²) in [5.41, 5.74) is 9.87. The van der Waals surface area contributed by atoms with Crippen molar-refractivity contribution in [2.24, 2.45) is 0 Å². The molecule has 0 saturated carbocycles. The van der Waals surface area contributed by atoms with Crippen LogP contribution in [0.5, 0.6) is 0 Å². The lowest BCUT2D eigenvalue weighted by Crippen LogP contribution is -2.00. The Morgan fingerprint density at radius 2 is 0.630 bits per heavy atom. The second-order valence-corrected chi connectivity index (χ2v) is 13.7. The van der Waals surface area contributed by atoms with E-state index in [0.29, 0.717) is 17.5 Å². The van der Waals surface area contributed by atoms with Crippen LogP contribution in [0.25, 0.3) is 99.9 Å². The summed E-state index contributed by atoms with van der Waals surface area (Å²) in [6, 6.07) is 70.7. The van der Waals surface area contributed by atoms with Crippen molar-refractivity contribution in [3.05, 3.63) is 200 Å². The molecule has 0 radical (unpaired) electrons. The van der Waals surface area contributed by atoms with Crippen LogP contribution in [0.4, 0.5) is 0 Å². The van der Waals surface area contributed by atoms with E-state index in [1.165, 1.54) is 49.2 Å². The van der Waals surface area contributed by atoms with Crippen molar-refractivity contribution >= 4 is 32.3 Å². The molecule has 0 amide bonds. The average molecular weight is 688 g/mol. The highest BCUT2D eigenvalue weighted by Gasteiger charge is 2.14. The number of fused-ring (bicyclic) bond motifs is 3. The number of hydrogen-bond acceptors (Lipinski definition) is 3. The van der Waals surface area contributed by atoms with Crippen molar-refractivity contribution in [3.63, 3.8) is 0 Å². The Morgan fingerprint density at radius 3 is 1.24 bits per heavy atom. The van der Waals surface area contributed by atoms with Gasteiger partial charge in [0, 0.05) is 16.7 Å². The summed E-state index contributed by atoms with van der Waals surface area (Å²) >= 11 is 0. The first kappa shape index (κ1) is 31.5. The summed E-state index contributed by atoms with van der Waals surface area (Å²) in [7, 11) is 0. The molecule has 0 aliphatic rings. The zero-order chi connectivity index (χ0) is 35.8. The third kappa shape index (κ3) is 5.98. The molecule has 0 spiro atoms. The zero-order valence-electron chi connectivity index (χ0n) is 29.4. The van der Waals surface area contributed by atoms with Gasteiger partial charge in [0.15, 0.2) is 17.5 Å². The van der Waals surface area contributed by atoms with Gasteiger partial charge in [-0.25, -0.2) is 15.0 Å². The first-order valence-electron chi connectivity index (χ1n) is 18.3. The summed E-state index contributed by atoms with van der Waals surface area (Å²) in [5, 5.41) is 7.25. The number of nitrogens with zero attached hydrogens (tertiary/aromatic N) is 3. The highest BCUT2D eigenvalue weighted by Crippen LogP contribution is 2.35. The number of hydrogen-bond donors (Lipinski definition) is 0. The Kier molecular flexibility index (Phi) is 7.81. The summed E-state index contributed by atoms with van der Waals surface area (Å²) in [6.07, 6.45) is 0. The molecular formula is C51H33N3. The van der Waals surface area contributed by atoms with Gasteiger partial charge in [0.2, 0.25) is 0 Å². The summed E-state index contributed by atoms with van der Waals surface area (Å²) < 4.78 is 0. The third-order valence-corrected chi connectivity index (χ3v) is 10.3.